The van der Waals surface area contributed by atoms with Crippen molar-refractivity contribution in [3.8, 4) is 23.7 Å². The zero-order chi connectivity index (χ0) is 6.95. The first-order chi connectivity index (χ1) is 4.41. The van der Waals surface area contributed by atoms with E-state index >= 15 is 0 Å². The Morgan fingerprint density at radius 3 is 1.78 bits per heavy atom. The number of rotatable bonds is 2. The van der Waals surface area contributed by atoms with Crippen molar-refractivity contribution in [1.82, 2.24) is 0 Å². The summed E-state index contributed by atoms with van der Waals surface area (Å²) in [6, 6.07) is 0. The molecular weight excluding hydrogens is 108 g/mol. The van der Waals surface area contributed by atoms with E-state index in [-0.39, 0.29) is 0 Å². The molecule has 0 saturated heterocycles. The van der Waals surface area contributed by atoms with Gasteiger partial charge in [-0.3, -0.25) is 0 Å². The van der Waals surface area contributed by atoms with Gasteiger partial charge < -0.3 is 0 Å². The lowest BCUT2D eigenvalue weighted by atomic mass is 10.2. The van der Waals surface area contributed by atoms with Crippen molar-refractivity contribution in [1.29, 1.82) is 0 Å². The lowest BCUT2D eigenvalue weighted by Crippen LogP contribution is -1.69. The van der Waals surface area contributed by atoms with Crippen molar-refractivity contribution < 1.29 is 0 Å². The summed E-state index contributed by atoms with van der Waals surface area (Å²) in [4.78, 5) is 0. The summed E-state index contributed by atoms with van der Waals surface area (Å²) >= 11 is 0. The molecule has 0 aromatic carbocycles. The van der Waals surface area contributed by atoms with Crippen molar-refractivity contribution in [2.45, 2.75) is 26.7 Å². The maximum atomic E-state index is 2.93. The quantitative estimate of drug-likeness (QED) is 0.385. The zero-order valence-electron chi connectivity index (χ0n) is 5.99. The van der Waals surface area contributed by atoms with E-state index in [1.54, 1.807) is 0 Å². The molecule has 0 bridgehead atoms. The van der Waals surface area contributed by atoms with Crippen LogP contribution in [-0.4, -0.2) is 0 Å². The van der Waals surface area contributed by atoms with Gasteiger partial charge in [0, 0.05) is 12.8 Å². The fourth-order valence-corrected chi connectivity index (χ4v) is 0.421. The molecule has 0 saturated carbocycles. The van der Waals surface area contributed by atoms with Crippen molar-refractivity contribution in [3.05, 3.63) is 6.42 Å². The molecule has 47 valence electrons. The van der Waals surface area contributed by atoms with Crippen molar-refractivity contribution in [2.75, 3.05) is 0 Å². The molecule has 0 heterocycles. The summed E-state index contributed by atoms with van der Waals surface area (Å²) < 4.78 is 0. The summed E-state index contributed by atoms with van der Waals surface area (Å²) in [5, 5.41) is 0. The lowest BCUT2D eigenvalue weighted by Gasteiger charge is -1.81. The van der Waals surface area contributed by atoms with Crippen LogP contribution in [0.1, 0.15) is 26.7 Å². The smallest absolute Gasteiger partial charge is 0.0129 e. The summed E-state index contributed by atoms with van der Waals surface area (Å²) in [6.45, 7) is 3.69. The summed E-state index contributed by atoms with van der Waals surface area (Å²) in [5.74, 6) is 11.5. The third-order valence-corrected chi connectivity index (χ3v) is 0.846. The van der Waals surface area contributed by atoms with Crippen molar-refractivity contribution in [2.24, 2.45) is 0 Å². The molecular formula is C9H11. The number of unbranched alkanes of at least 4 members (excludes halogenated alkanes) is 2. The van der Waals surface area contributed by atoms with Crippen LogP contribution < -0.4 is 0 Å². The molecule has 0 unspecified atom stereocenters. The largest absolute Gasteiger partial charge is 0.107 e. The van der Waals surface area contributed by atoms with Gasteiger partial charge in [0.25, 0.3) is 0 Å². The summed E-state index contributed by atoms with van der Waals surface area (Å²) in [6.07, 6.45) is 3.81. The molecule has 0 rings (SSSR count). The van der Waals surface area contributed by atoms with Crippen LogP contribution >= 0.6 is 0 Å². The third kappa shape index (κ3) is 7.12. The van der Waals surface area contributed by atoms with E-state index in [9.17, 15) is 0 Å². The summed E-state index contributed by atoms with van der Waals surface area (Å²) in [5.41, 5.74) is 0. The first kappa shape index (κ1) is 8.12. The Balaban J connectivity index is 3.04. The van der Waals surface area contributed by atoms with Crippen LogP contribution in [0, 0.1) is 30.1 Å². The number of hydrogen-bond acceptors (Lipinski definition) is 0. The molecule has 0 spiro atoms. The van der Waals surface area contributed by atoms with E-state index in [4.69, 9.17) is 0 Å². The highest BCUT2D eigenvalue weighted by atomic mass is 13.8. The average Bonchev–Trinajstić information content (AvgIpc) is 1.89. The molecule has 0 N–H and O–H groups in total. The standard InChI is InChI=1S/C9H11/c1-3-5-7-9-8-6-4-2/h9H,7-8H2,1-2H3. The normalized spacial score (nSPS) is 6.44. The Morgan fingerprint density at radius 1 is 1.00 bits per heavy atom. The fourth-order valence-electron chi connectivity index (χ4n) is 0.421. The van der Waals surface area contributed by atoms with E-state index in [1.165, 1.54) is 0 Å². The van der Waals surface area contributed by atoms with Crippen LogP contribution in [-0.2, 0) is 0 Å². The van der Waals surface area contributed by atoms with Gasteiger partial charge in [0.15, 0.2) is 0 Å². The SMILES string of the molecule is CC#CC[CH]CC#CC. The van der Waals surface area contributed by atoms with E-state index < -0.39 is 0 Å². The highest BCUT2D eigenvalue weighted by Crippen LogP contribution is 1.88. The molecule has 0 nitrogen and oxygen atoms in total. The van der Waals surface area contributed by atoms with E-state index in [0.29, 0.717) is 0 Å². The minimum Gasteiger partial charge on any atom is -0.107 e. The first-order valence-corrected chi connectivity index (χ1v) is 3.02. The molecule has 0 aliphatic rings. The maximum absolute atomic E-state index is 2.93. The third-order valence-electron chi connectivity index (χ3n) is 0.846. The molecule has 0 aromatic rings. The highest BCUT2D eigenvalue weighted by Gasteiger charge is 1.76. The van der Waals surface area contributed by atoms with Gasteiger partial charge in [-0.1, -0.05) is 0 Å². The minimum atomic E-state index is 0.866. The maximum Gasteiger partial charge on any atom is 0.0129 e. The molecule has 9 heavy (non-hydrogen) atoms. The second-order valence-corrected chi connectivity index (χ2v) is 1.55. The van der Waals surface area contributed by atoms with Crippen molar-refractivity contribution >= 4 is 0 Å². The predicted octanol–water partition coefficient (Wildman–Crippen LogP) is 2.02. The fraction of sp³-hybridized carbons (Fsp3) is 0.444. The molecule has 0 amide bonds. The average molecular weight is 119 g/mol. The number of hydrogen-bond donors (Lipinski definition) is 0. The van der Waals surface area contributed by atoms with Gasteiger partial charge >= 0.3 is 0 Å². The minimum absolute atomic E-state index is 0.866. The van der Waals surface area contributed by atoms with Gasteiger partial charge in [-0.2, -0.15) is 0 Å². The Bertz CT molecular complexity index is 136. The second-order valence-electron chi connectivity index (χ2n) is 1.55. The topological polar surface area (TPSA) is 0 Å². The second kappa shape index (κ2) is 7.12. The molecule has 0 fully saturated rings. The van der Waals surface area contributed by atoms with Crippen molar-refractivity contribution in [3.63, 3.8) is 0 Å². The Labute approximate surface area is 57.7 Å². The molecule has 0 aliphatic heterocycles. The highest BCUT2D eigenvalue weighted by molar-refractivity contribution is 5.04. The van der Waals surface area contributed by atoms with E-state index in [1.807, 2.05) is 13.8 Å². The molecule has 0 aliphatic carbocycles. The van der Waals surface area contributed by atoms with E-state index in [2.05, 4.69) is 30.1 Å². The van der Waals surface area contributed by atoms with E-state index in [0.717, 1.165) is 12.8 Å². The Kier molecular flexibility index (Phi) is 6.42. The van der Waals surface area contributed by atoms with Gasteiger partial charge in [0.1, 0.15) is 0 Å². The van der Waals surface area contributed by atoms with Crippen LogP contribution in [0.5, 0.6) is 0 Å². The van der Waals surface area contributed by atoms with Crippen LogP contribution in [0.15, 0.2) is 0 Å². The zero-order valence-corrected chi connectivity index (χ0v) is 5.99. The van der Waals surface area contributed by atoms with Crippen LogP contribution in [0.25, 0.3) is 0 Å². The van der Waals surface area contributed by atoms with Gasteiger partial charge in [0.2, 0.25) is 0 Å². The molecule has 0 aromatic heterocycles. The van der Waals surface area contributed by atoms with Crippen LogP contribution in [0.4, 0.5) is 0 Å². The van der Waals surface area contributed by atoms with Crippen LogP contribution in [0.3, 0.4) is 0 Å². The predicted molar refractivity (Wildman–Crippen MR) is 40.4 cm³/mol. The Hall–Kier alpha value is -0.880. The van der Waals surface area contributed by atoms with Gasteiger partial charge in [0.05, 0.1) is 0 Å². The first-order valence-electron chi connectivity index (χ1n) is 3.02. The van der Waals surface area contributed by atoms with Gasteiger partial charge in [-0.15, -0.1) is 23.7 Å². The monoisotopic (exact) mass is 119 g/mol. The summed E-state index contributed by atoms with van der Waals surface area (Å²) in [7, 11) is 0. The van der Waals surface area contributed by atoms with Gasteiger partial charge in [-0.05, 0) is 20.3 Å². The van der Waals surface area contributed by atoms with Gasteiger partial charge in [-0.25, -0.2) is 0 Å². The lowest BCUT2D eigenvalue weighted by molar-refractivity contribution is 1.16. The molecule has 0 heteroatoms. The Morgan fingerprint density at radius 2 is 1.44 bits per heavy atom. The molecule has 0 atom stereocenters. The van der Waals surface area contributed by atoms with Crippen LogP contribution in [0.2, 0.25) is 0 Å². The molecule has 1 radical (unpaired) electrons.